The Kier molecular flexibility index (Phi) is 3.37. The molecule has 0 saturated carbocycles. The number of benzene rings is 1. The van der Waals surface area contributed by atoms with Crippen LogP contribution in [-0.4, -0.2) is 14.5 Å². The maximum absolute atomic E-state index is 6.02. The molecule has 4 nitrogen and oxygen atoms in total. The Balaban J connectivity index is 2.20. The van der Waals surface area contributed by atoms with Crippen molar-refractivity contribution in [3.8, 4) is 5.69 Å². The van der Waals surface area contributed by atoms with Crippen LogP contribution in [0.5, 0.6) is 0 Å². The zero-order valence-corrected chi connectivity index (χ0v) is 12.7. The van der Waals surface area contributed by atoms with E-state index in [0.717, 1.165) is 40.8 Å². The minimum Gasteiger partial charge on any atom is -0.383 e. The van der Waals surface area contributed by atoms with Gasteiger partial charge in [-0.3, -0.25) is 4.57 Å². The van der Waals surface area contributed by atoms with Crippen LogP contribution in [0.4, 0.5) is 5.82 Å². The Bertz CT molecular complexity index is 785. The lowest BCUT2D eigenvalue weighted by Crippen LogP contribution is -1.99. The summed E-state index contributed by atoms with van der Waals surface area (Å²) in [6, 6.07) is 8.66. The molecule has 4 heteroatoms. The zero-order chi connectivity index (χ0) is 15.0. The number of nitrogens with zero attached hydrogens (tertiary/aromatic N) is 3. The van der Waals surface area contributed by atoms with Crippen LogP contribution in [0, 0.1) is 13.8 Å². The molecule has 2 heterocycles. The van der Waals surface area contributed by atoms with E-state index in [1.165, 1.54) is 11.9 Å². The van der Waals surface area contributed by atoms with Crippen LogP contribution in [0.25, 0.3) is 16.7 Å². The number of rotatable bonds is 3. The predicted molar refractivity (Wildman–Crippen MR) is 86.7 cm³/mol. The van der Waals surface area contributed by atoms with Crippen molar-refractivity contribution >= 4 is 16.9 Å². The summed E-state index contributed by atoms with van der Waals surface area (Å²) in [4.78, 5) is 8.54. The third-order valence-electron chi connectivity index (χ3n) is 4.05. The molecule has 3 aromatic rings. The summed E-state index contributed by atoms with van der Waals surface area (Å²) in [5.41, 5.74) is 11.7. The van der Waals surface area contributed by atoms with Gasteiger partial charge in [-0.25, -0.2) is 9.97 Å². The Hall–Kier alpha value is -2.36. The van der Waals surface area contributed by atoms with Crippen LogP contribution in [0.15, 0.2) is 30.6 Å². The van der Waals surface area contributed by atoms with Gasteiger partial charge < -0.3 is 5.73 Å². The largest absolute Gasteiger partial charge is 0.383 e. The third-order valence-corrected chi connectivity index (χ3v) is 4.05. The minimum atomic E-state index is 0.543. The molecule has 0 fully saturated rings. The topological polar surface area (TPSA) is 56.7 Å². The van der Waals surface area contributed by atoms with Crippen molar-refractivity contribution in [3.05, 3.63) is 47.4 Å². The van der Waals surface area contributed by atoms with Crippen LogP contribution >= 0.6 is 0 Å². The van der Waals surface area contributed by atoms with Crippen molar-refractivity contribution in [1.29, 1.82) is 0 Å². The molecule has 2 N–H and O–H groups in total. The van der Waals surface area contributed by atoms with Gasteiger partial charge in [-0.05, 0) is 43.5 Å². The SMILES string of the molecule is CCCc1ccc(-n2c(C)c(C)c3c(N)ncnc32)cc1. The van der Waals surface area contributed by atoms with E-state index in [-0.39, 0.29) is 0 Å². The lowest BCUT2D eigenvalue weighted by atomic mass is 10.1. The molecule has 0 atom stereocenters. The monoisotopic (exact) mass is 280 g/mol. The second-order valence-corrected chi connectivity index (χ2v) is 5.42. The Morgan fingerprint density at radius 3 is 2.48 bits per heavy atom. The summed E-state index contributed by atoms with van der Waals surface area (Å²) in [6.45, 7) is 6.36. The molecular formula is C17H20N4. The minimum absolute atomic E-state index is 0.543. The maximum atomic E-state index is 6.02. The van der Waals surface area contributed by atoms with Crippen molar-refractivity contribution < 1.29 is 0 Å². The molecule has 0 unspecified atom stereocenters. The number of aromatic nitrogens is 3. The highest BCUT2D eigenvalue weighted by molar-refractivity contribution is 5.92. The van der Waals surface area contributed by atoms with Gasteiger partial charge in [0.2, 0.25) is 0 Å². The normalized spacial score (nSPS) is 11.2. The van der Waals surface area contributed by atoms with Gasteiger partial charge >= 0.3 is 0 Å². The molecule has 0 aliphatic heterocycles. The average Bonchev–Trinajstić information content (AvgIpc) is 2.74. The van der Waals surface area contributed by atoms with E-state index in [1.54, 1.807) is 0 Å². The predicted octanol–water partition coefficient (Wildman–Crippen LogP) is 3.57. The van der Waals surface area contributed by atoms with E-state index < -0.39 is 0 Å². The number of anilines is 1. The summed E-state index contributed by atoms with van der Waals surface area (Å²) in [5, 5.41) is 0.952. The van der Waals surface area contributed by atoms with Crippen molar-refractivity contribution in [2.75, 3.05) is 5.73 Å². The average molecular weight is 280 g/mol. The number of hydrogen-bond acceptors (Lipinski definition) is 3. The highest BCUT2D eigenvalue weighted by Gasteiger charge is 2.16. The van der Waals surface area contributed by atoms with Gasteiger partial charge in [0.05, 0.1) is 5.39 Å². The van der Waals surface area contributed by atoms with Gasteiger partial charge in [-0.15, -0.1) is 0 Å². The molecule has 0 bridgehead atoms. The van der Waals surface area contributed by atoms with E-state index in [1.807, 2.05) is 0 Å². The highest BCUT2D eigenvalue weighted by atomic mass is 15.1. The molecule has 1 aromatic carbocycles. The molecular weight excluding hydrogens is 260 g/mol. The molecule has 0 amide bonds. The fourth-order valence-electron chi connectivity index (χ4n) is 2.84. The molecule has 2 aromatic heterocycles. The van der Waals surface area contributed by atoms with Crippen molar-refractivity contribution in [2.45, 2.75) is 33.6 Å². The van der Waals surface area contributed by atoms with Gasteiger partial charge in [0.15, 0.2) is 5.65 Å². The fourth-order valence-corrected chi connectivity index (χ4v) is 2.84. The van der Waals surface area contributed by atoms with Gasteiger partial charge in [0.1, 0.15) is 12.1 Å². The van der Waals surface area contributed by atoms with Crippen molar-refractivity contribution in [2.24, 2.45) is 0 Å². The molecule has 0 aliphatic rings. The summed E-state index contributed by atoms with van der Waals surface area (Å²) >= 11 is 0. The van der Waals surface area contributed by atoms with Gasteiger partial charge in [0, 0.05) is 11.4 Å². The molecule has 108 valence electrons. The van der Waals surface area contributed by atoms with Crippen LogP contribution in [0.1, 0.15) is 30.2 Å². The van der Waals surface area contributed by atoms with E-state index in [2.05, 4.69) is 59.6 Å². The lowest BCUT2D eigenvalue weighted by molar-refractivity contribution is 0.919. The molecule has 21 heavy (non-hydrogen) atoms. The fraction of sp³-hybridized carbons (Fsp3) is 0.294. The number of fused-ring (bicyclic) bond motifs is 1. The van der Waals surface area contributed by atoms with E-state index in [4.69, 9.17) is 5.73 Å². The van der Waals surface area contributed by atoms with Gasteiger partial charge in [-0.2, -0.15) is 0 Å². The van der Waals surface area contributed by atoms with Crippen molar-refractivity contribution in [1.82, 2.24) is 14.5 Å². The number of nitrogen functional groups attached to an aromatic ring is 1. The molecule has 3 rings (SSSR count). The zero-order valence-electron chi connectivity index (χ0n) is 12.7. The smallest absolute Gasteiger partial charge is 0.150 e. The summed E-state index contributed by atoms with van der Waals surface area (Å²) < 4.78 is 2.15. The molecule has 0 radical (unpaired) electrons. The van der Waals surface area contributed by atoms with Gasteiger partial charge in [0.25, 0.3) is 0 Å². The summed E-state index contributed by atoms with van der Waals surface area (Å²) in [7, 11) is 0. The highest BCUT2D eigenvalue weighted by Crippen LogP contribution is 2.29. The number of hydrogen-bond donors (Lipinski definition) is 1. The van der Waals surface area contributed by atoms with Crippen LogP contribution in [0.2, 0.25) is 0 Å². The molecule has 0 saturated heterocycles. The second kappa shape index (κ2) is 5.20. The van der Waals surface area contributed by atoms with E-state index in [0.29, 0.717) is 5.82 Å². The van der Waals surface area contributed by atoms with E-state index >= 15 is 0 Å². The first-order valence-electron chi connectivity index (χ1n) is 7.31. The molecule has 0 spiro atoms. The van der Waals surface area contributed by atoms with Crippen LogP contribution in [-0.2, 0) is 6.42 Å². The first-order valence-corrected chi connectivity index (χ1v) is 7.31. The Morgan fingerprint density at radius 2 is 1.81 bits per heavy atom. The summed E-state index contributed by atoms with van der Waals surface area (Å²) in [5.74, 6) is 0.543. The van der Waals surface area contributed by atoms with Crippen LogP contribution < -0.4 is 5.73 Å². The van der Waals surface area contributed by atoms with Crippen molar-refractivity contribution in [3.63, 3.8) is 0 Å². The molecule has 0 aliphatic carbocycles. The number of aryl methyl sites for hydroxylation is 2. The summed E-state index contributed by atoms with van der Waals surface area (Å²) in [6.07, 6.45) is 3.80. The second-order valence-electron chi connectivity index (χ2n) is 5.42. The first kappa shape index (κ1) is 13.6. The Morgan fingerprint density at radius 1 is 1.10 bits per heavy atom. The third kappa shape index (κ3) is 2.17. The standard InChI is InChI=1S/C17H20N4/c1-4-5-13-6-8-14(9-7-13)21-12(3)11(2)15-16(18)19-10-20-17(15)21/h6-10H,4-5H2,1-3H3,(H2,18,19,20). The van der Waals surface area contributed by atoms with E-state index in [9.17, 15) is 0 Å². The lowest BCUT2D eigenvalue weighted by Gasteiger charge is -2.09. The maximum Gasteiger partial charge on any atom is 0.150 e. The van der Waals surface area contributed by atoms with Gasteiger partial charge in [-0.1, -0.05) is 25.5 Å². The quantitative estimate of drug-likeness (QED) is 0.798. The number of nitrogens with two attached hydrogens (primary N) is 1. The van der Waals surface area contributed by atoms with Crippen LogP contribution in [0.3, 0.4) is 0 Å². The first-order chi connectivity index (χ1) is 10.1. The Labute approximate surface area is 124 Å².